The van der Waals surface area contributed by atoms with E-state index >= 15 is 0 Å². The van der Waals surface area contributed by atoms with E-state index in [0.29, 0.717) is 22.8 Å². The van der Waals surface area contributed by atoms with Crippen molar-refractivity contribution < 1.29 is 24.1 Å². The summed E-state index contributed by atoms with van der Waals surface area (Å²) in [5.74, 6) is 1.12. The predicted molar refractivity (Wildman–Crippen MR) is 93.5 cm³/mol. The van der Waals surface area contributed by atoms with Crippen LogP contribution in [0.5, 0.6) is 23.0 Å². The van der Waals surface area contributed by atoms with Crippen molar-refractivity contribution in [3.63, 3.8) is 0 Å². The Hall–Kier alpha value is -3.22. The minimum Gasteiger partial charge on any atom is -0.504 e. The number of nitrogens with one attached hydrogen (secondary N) is 1. The number of nitrogens with zero attached hydrogens (tertiary/aromatic N) is 1. The third-order valence-electron chi connectivity index (χ3n) is 3.32. The largest absolute Gasteiger partial charge is 0.504 e. The van der Waals surface area contributed by atoms with E-state index in [1.54, 1.807) is 50.4 Å². The maximum atomic E-state index is 12.0. The molecule has 0 aliphatic rings. The van der Waals surface area contributed by atoms with Crippen LogP contribution in [0.1, 0.15) is 12.5 Å². The topological polar surface area (TPSA) is 89.4 Å². The van der Waals surface area contributed by atoms with Gasteiger partial charge in [-0.2, -0.15) is 5.10 Å². The van der Waals surface area contributed by atoms with E-state index in [1.807, 2.05) is 0 Å². The first kappa shape index (κ1) is 18.1. The highest BCUT2D eigenvalue weighted by Crippen LogP contribution is 2.25. The maximum absolute atomic E-state index is 12.0. The number of methoxy groups -OCH3 is 2. The molecule has 0 aromatic heterocycles. The van der Waals surface area contributed by atoms with Crippen molar-refractivity contribution in [2.75, 3.05) is 14.2 Å². The predicted octanol–water partition coefficient (Wildman–Crippen LogP) is 2.33. The van der Waals surface area contributed by atoms with Gasteiger partial charge in [0.2, 0.25) is 0 Å². The van der Waals surface area contributed by atoms with Gasteiger partial charge in [0.1, 0.15) is 11.5 Å². The number of carbonyl (C=O) groups is 1. The first-order chi connectivity index (χ1) is 12.0. The van der Waals surface area contributed by atoms with Gasteiger partial charge in [-0.15, -0.1) is 0 Å². The standard InChI is InChI=1S/C18H20N2O5/c1-12(25-15-6-4-5-14(10-15)23-2)18(22)20-19-11-13-7-8-16(21)17(9-13)24-3/h4-12,21H,1-3H3,(H,20,22)/b19-11+. The molecule has 7 heteroatoms. The fourth-order valence-corrected chi connectivity index (χ4v) is 1.97. The molecule has 0 bridgehead atoms. The Morgan fingerprint density at radius 1 is 1.16 bits per heavy atom. The summed E-state index contributed by atoms with van der Waals surface area (Å²) < 4.78 is 15.7. The lowest BCUT2D eigenvalue weighted by molar-refractivity contribution is -0.127. The van der Waals surface area contributed by atoms with Gasteiger partial charge >= 0.3 is 0 Å². The second-order valence-electron chi connectivity index (χ2n) is 5.10. The lowest BCUT2D eigenvalue weighted by Gasteiger charge is -2.13. The Balaban J connectivity index is 1.92. The zero-order chi connectivity index (χ0) is 18.2. The maximum Gasteiger partial charge on any atom is 0.280 e. The van der Waals surface area contributed by atoms with Crippen LogP contribution in [-0.2, 0) is 4.79 Å². The molecule has 0 fully saturated rings. The third-order valence-corrected chi connectivity index (χ3v) is 3.32. The number of hydrazone groups is 1. The van der Waals surface area contributed by atoms with Crippen LogP contribution in [0.3, 0.4) is 0 Å². The van der Waals surface area contributed by atoms with Gasteiger partial charge < -0.3 is 19.3 Å². The van der Waals surface area contributed by atoms with Crippen molar-refractivity contribution in [3.05, 3.63) is 48.0 Å². The first-order valence-electron chi connectivity index (χ1n) is 7.54. The molecular weight excluding hydrogens is 324 g/mol. The van der Waals surface area contributed by atoms with Gasteiger partial charge in [-0.1, -0.05) is 6.07 Å². The highest BCUT2D eigenvalue weighted by Gasteiger charge is 2.14. The number of aromatic hydroxyl groups is 1. The van der Waals surface area contributed by atoms with Crippen LogP contribution in [0.4, 0.5) is 0 Å². The van der Waals surface area contributed by atoms with Crippen molar-refractivity contribution in [2.24, 2.45) is 5.10 Å². The molecule has 2 aromatic carbocycles. The molecule has 0 radical (unpaired) electrons. The Bertz CT molecular complexity index is 761. The highest BCUT2D eigenvalue weighted by atomic mass is 16.5. The monoisotopic (exact) mass is 344 g/mol. The van der Waals surface area contributed by atoms with Gasteiger partial charge in [-0.25, -0.2) is 5.43 Å². The number of phenols is 1. The van der Waals surface area contributed by atoms with Crippen molar-refractivity contribution in [1.82, 2.24) is 5.43 Å². The van der Waals surface area contributed by atoms with E-state index in [9.17, 15) is 9.90 Å². The molecule has 0 saturated heterocycles. The summed E-state index contributed by atoms with van der Waals surface area (Å²) in [6, 6.07) is 11.7. The van der Waals surface area contributed by atoms with E-state index in [0.717, 1.165) is 0 Å². The fraction of sp³-hybridized carbons (Fsp3) is 0.222. The summed E-state index contributed by atoms with van der Waals surface area (Å²) in [6.07, 6.45) is 0.705. The molecule has 1 unspecified atom stereocenters. The zero-order valence-corrected chi connectivity index (χ0v) is 14.2. The second kappa shape index (κ2) is 8.58. The lowest BCUT2D eigenvalue weighted by Crippen LogP contribution is -2.33. The molecule has 25 heavy (non-hydrogen) atoms. The fourth-order valence-electron chi connectivity index (χ4n) is 1.97. The Kier molecular flexibility index (Phi) is 6.22. The van der Waals surface area contributed by atoms with E-state index in [2.05, 4.69) is 10.5 Å². The van der Waals surface area contributed by atoms with Gasteiger partial charge in [-0.3, -0.25) is 4.79 Å². The minimum absolute atomic E-state index is 0.0315. The van der Waals surface area contributed by atoms with Gasteiger partial charge in [0, 0.05) is 6.07 Å². The number of carbonyl (C=O) groups excluding carboxylic acids is 1. The average molecular weight is 344 g/mol. The zero-order valence-electron chi connectivity index (χ0n) is 14.2. The molecule has 0 saturated carbocycles. The smallest absolute Gasteiger partial charge is 0.280 e. The van der Waals surface area contributed by atoms with Crippen LogP contribution in [0.2, 0.25) is 0 Å². The quantitative estimate of drug-likeness (QED) is 0.594. The number of benzene rings is 2. The minimum atomic E-state index is -0.737. The van der Waals surface area contributed by atoms with Crippen molar-refractivity contribution in [1.29, 1.82) is 0 Å². The molecular formula is C18H20N2O5. The van der Waals surface area contributed by atoms with Crippen LogP contribution in [-0.4, -0.2) is 37.6 Å². The number of hydrogen-bond donors (Lipinski definition) is 2. The van der Waals surface area contributed by atoms with Crippen molar-refractivity contribution >= 4 is 12.1 Å². The van der Waals surface area contributed by atoms with Gasteiger partial charge in [0.15, 0.2) is 17.6 Å². The molecule has 0 spiro atoms. The molecule has 1 amide bonds. The summed E-state index contributed by atoms with van der Waals surface area (Å²) in [7, 11) is 3.01. The number of hydrogen-bond acceptors (Lipinski definition) is 6. The highest BCUT2D eigenvalue weighted by molar-refractivity contribution is 5.84. The number of phenolic OH excluding ortho intramolecular Hbond substituents is 1. The molecule has 0 aliphatic carbocycles. The summed E-state index contributed by atoms with van der Waals surface area (Å²) in [5, 5.41) is 13.4. The third kappa shape index (κ3) is 5.13. The van der Waals surface area contributed by atoms with Gasteiger partial charge in [-0.05, 0) is 42.8 Å². The summed E-state index contributed by atoms with van der Waals surface area (Å²) in [4.78, 5) is 12.0. The van der Waals surface area contributed by atoms with E-state index in [-0.39, 0.29) is 5.75 Å². The SMILES string of the molecule is COc1cccc(OC(C)C(=O)N/N=C/c2ccc(O)c(OC)c2)c1. The van der Waals surface area contributed by atoms with Crippen LogP contribution < -0.4 is 19.6 Å². The summed E-state index contributed by atoms with van der Waals surface area (Å²) in [6.45, 7) is 1.62. The molecule has 0 aliphatic heterocycles. The Morgan fingerprint density at radius 3 is 2.64 bits per heavy atom. The van der Waals surface area contributed by atoms with Crippen LogP contribution in [0, 0.1) is 0 Å². The van der Waals surface area contributed by atoms with Crippen molar-refractivity contribution in [3.8, 4) is 23.0 Å². The van der Waals surface area contributed by atoms with E-state index < -0.39 is 12.0 Å². The second-order valence-corrected chi connectivity index (χ2v) is 5.10. The number of rotatable bonds is 7. The van der Waals surface area contributed by atoms with E-state index in [1.165, 1.54) is 19.4 Å². The average Bonchev–Trinajstić information content (AvgIpc) is 2.63. The van der Waals surface area contributed by atoms with Crippen LogP contribution >= 0.6 is 0 Å². The number of ether oxygens (including phenoxy) is 3. The summed E-state index contributed by atoms with van der Waals surface area (Å²) >= 11 is 0. The molecule has 0 heterocycles. The lowest BCUT2D eigenvalue weighted by atomic mass is 10.2. The van der Waals surface area contributed by atoms with Gasteiger partial charge in [0.05, 0.1) is 20.4 Å². The Labute approximate surface area is 145 Å². The molecule has 1 atom stereocenters. The van der Waals surface area contributed by atoms with E-state index in [4.69, 9.17) is 14.2 Å². The molecule has 7 nitrogen and oxygen atoms in total. The Morgan fingerprint density at radius 2 is 1.92 bits per heavy atom. The molecule has 132 valence electrons. The molecule has 2 N–H and O–H groups in total. The molecule has 2 aromatic rings. The molecule has 2 rings (SSSR count). The van der Waals surface area contributed by atoms with Crippen LogP contribution in [0.25, 0.3) is 0 Å². The number of amides is 1. The van der Waals surface area contributed by atoms with Crippen molar-refractivity contribution in [2.45, 2.75) is 13.0 Å². The van der Waals surface area contributed by atoms with Gasteiger partial charge in [0.25, 0.3) is 5.91 Å². The normalized spacial score (nSPS) is 11.8. The van der Waals surface area contributed by atoms with Crippen LogP contribution in [0.15, 0.2) is 47.6 Å². The summed E-state index contributed by atoms with van der Waals surface area (Å²) in [5.41, 5.74) is 3.07. The first-order valence-corrected chi connectivity index (χ1v) is 7.54.